The molecular weight excluding hydrogens is 424 g/mol. The highest BCUT2D eigenvalue weighted by Crippen LogP contribution is 2.44. The second-order valence-electron chi connectivity index (χ2n) is 6.76. The minimum Gasteiger partial charge on any atom is -0.268 e. The predicted octanol–water partition coefficient (Wildman–Crippen LogP) is 6.19. The molecule has 4 rings (SSSR count). The number of benzene rings is 3. The van der Waals surface area contributed by atoms with Gasteiger partial charge in [0.2, 0.25) is 0 Å². The summed E-state index contributed by atoms with van der Waals surface area (Å²) in [6.45, 7) is 0. The lowest BCUT2D eigenvalue weighted by Crippen LogP contribution is -2.29. The van der Waals surface area contributed by atoms with Gasteiger partial charge in [0, 0.05) is 0 Å². The smallest absolute Gasteiger partial charge is 0.268 e. The average Bonchev–Trinajstić information content (AvgIpc) is 2.97. The van der Waals surface area contributed by atoms with Crippen molar-refractivity contribution in [3.05, 3.63) is 89.0 Å². The zero-order chi connectivity index (χ0) is 22.6. The summed E-state index contributed by atoms with van der Waals surface area (Å²) in [6.07, 6.45) is -9.91. The summed E-state index contributed by atoms with van der Waals surface area (Å²) >= 11 is 0. The third-order valence-electron chi connectivity index (χ3n) is 4.88. The predicted molar refractivity (Wildman–Crippen MR) is 99.5 cm³/mol. The minimum atomic E-state index is -5.04. The number of amides is 2. The van der Waals surface area contributed by atoms with Gasteiger partial charge in [0.15, 0.2) is 0 Å². The summed E-state index contributed by atoms with van der Waals surface area (Å²) in [5.41, 5.74) is -4.30. The van der Waals surface area contributed by atoms with Gasteiger partial charge >= 0.3 is 12.4 Å². The van der Waals surface area contributed by atoms with E-state index in [9.17, 15) is 35.9 Å². The van der Waals surface area contributed by atoms with Crippen LogP contribution in [0.15, 0.2) is 66.7 Å². The van der Waals surface area contributed by atoms with Gasteiger partial charge in [-0.25, -0.2) is 4.90 Å². The molecule has 9 heteroatoms. The maximum atomic E-state index is 13.8. The highest BCUT2D eigenvalue weighted by Gasteiger charge is 2.41. The fourth-order valence-corrected chi connectivity index (χ4v) is 3.53. The lowest BCUT2D eigenvalue weighted by Gasteiger charge is -2.21. The molecule has 0 saturated heterocycles. The van der Waals surface area contributed by atoms with Gasteiger partial charge in [0.25, 0.3) is 11.8 Å². The molecule has 2 amide bonds. The van der Waals surface area contributed by atoms with Gasteiger partial charge in [-0.2, -0.15) is 26.3 Å². The monoisotopic (exact) mass is 435 g/mol. The highest BCUT2D eigenvalue weighted by atomic mass is 19.4. The Kier molecular flexibility index (Phi) is 4.64. The topological polar surface area (TPSA) is 37.4 Å². The van der Waals surface area contributed by atoms with E-state index in [1.165, 1.54) is 30.3 Å². The Morgan fingerprint density at radius 1 is 0.548 bits per heavy atom. The molecule has 0 aliphatic carbocycles. The molecule has 3 aromatic carbocycles. The molecule has 1 aliphatic heterocycles. The quantitative estimate of drug-likeness (QED) is 0.356. The molecule has 0 aromatic heterocycles. The van der Waals surface area contributed by atoms with Gasteiger partial charge in [0.05, 0.1) is 27.9 Å². The number of rotatable bonds is 2. The molecule has 0 fully saturated rings. The molecule has 3 aromatic rings. The van der Waals surface area contributed by atoms with Gasteiger partial charge < -0.3 is 0 Å². The van der Waals surface area contributed by atoms with Crippen molar-refractivity contribution in [2.75, 3.05) is 4.90 Å². The molecule has 1 aliphatic rings. The molecule has 31 heavy (non-hydrogen) atoms. The van der Waals surface area contributed by atoms with Crippen LogP contribution in [-0.4, -0.2) is 11.8 Å². The number of carbonyl (C=O) groups excluding carboxylic acids is 2. The molecule has 0 N–H and O–H groups in total. The van der Waals surface area contributed by atoms with Gasteiger partial charge in [-0.3, -0.25) is 9.59 Å². The standard InChI is InChI=1S/C22H11F6NO2/c23-21(24,25)17-8-4-3-5-13(17)14-10-9-12(11-18(14)22(26,27)28)29-19(30)15-6-1-2-7-16(15)20(29)31/h1-11H. The molecule has 0 unspecified atom stereocenters. The van der Waals surface area contributed by atoms with Gasteiger partial charge in [-0.1, -0.05) is 36.4 Å². The summed E-state index contributed by atoms with van der Waals surface area (Å²) in [4.78, 5) is 25.8. The van der Waals surface area contributed by atoms with Crippen LogP contribution in [0.1, 0.15) is 31.8 Å². The number of anilines is 1. The first-order valence-corrected chi connectivity index (χ1v) is 8.86. The SMILES string of the molecule is O=C1c2ccccc2C(=O)N1c1ccc(-c2ccccc2C(F)(F)F)c(C(F)(F)F)c1. The van der Waals surface area contributed by atoms with Crippen molar-refractivity contribution >= 4 is 17.5 Å². The van der Waals surface area contributed by atoms with Crippen LogP contribution in [0.3, 0.4) is 0 Å². The van der Waals surface area contributed by atoms with Crippen LogP contribution in [0.4, 0.5) is 32.0 Å². The zero-order valence-corrected chi connectivity index (χ0v) is 15.4. The molecule has 1 heterocycles. The van der Waals surface area contributed by atoms with E-state index in [1.54, 1.807) is 0 Å². The molecule has 0 radical (unpaired) electrons. The van der Waals surface area contributed by atoms with Gasteiger partial charge in [-0.15, -0.1) is 0 Å². The Balaban J connectivity index is 1.89. The number of fused-ring (bicyclic) bond motifs is 1. The molecule has 0 saturated carbocycles. The fraction of sp³-hybridized carbons (Fsp3) is 0.0909. The largest absolute Gasteiger partial charge is 0.417 e. The Labute approximate surface area is 171 Å². The second-order valence-corrected chi connectivity index (χ2v) is 6.76. The van der Waals surface area contributed by atoms with Crippen LogP contribution in [0, 0.1) is 0 Å². The first-order valence-electron chi connectivity index (χ1n) is 8.86. The Bertz CT molecular complexity index is 1180. The molecule has 3 nitrogen and oxygen atoms in total. The number of nitrogens with zero attached hydrogens (tertiary/aromatic N) is 1. The highest BCUT2D eigenvalue weighted by molar-refractivity contribution is 6.34. The normalized spacial score (nSPS) is 14.2. The minimum absolute atomic E-state index is 0.0348. The Morgan fingerprint density at radius 3 is 1.52 bits per heavy atom. The molecule has 158 valence electrons. The summed E-state index contributed by atoms with van der Waals surface area (Å²) in [5.74, 6) is -1.62. The lowest BCUT2D eigenvalue weighted by atomic mass is 9.94. The van der Waals surface area contributed by atoms with E-state index in [-0.39, 0.29) is 16.8 Å². The molecule has 0 bridgehead atoms. The van der Waals surface area contributed by atoms with E-state index in [1.807, 2.05) is 0 Å². The number of hydrogen-bond donors (Lipinski definition) is 0. The van der Waals surface area contributed by atoms with Crippen molar-refractivity contribution in [2.24, 2.45) is 0 Å². The second kappa shape index (κ2) is 6.97. The number of halogens is 6. The van der Waals surface area contributed by atoms with Crippen molar-refractivity contribution in [2.45, 2.75) is 12.4 Å². The van der Waals surface area contributed by atoms with Crippen LogP contribution in [0.2, 0.25) is 0 Å². The van der Waals surface area contributed by atoms with E-state index in [2.05, 4.69) is 0 Å². The van der Waals surface area contributed by atoms with Crippen molar-refractivity contribution in [3.63, 3.8) is 0 Å². The van der Waals surface area contributed by atoms with E-state index in [0.717, 1.165) is 24.3 Å². The van der Waals surface area contributed by atoms with Crippen LogP contribution in [0.5, 0.6) is 0 Å². The third kappa shape index (κ3) is 3.45. The van der Waals surface area contributed by atoms with Crippen molar-refractivity contribution in [3.8, 4) is 11.1 Å². The van der Waals surface area contributed by atoms with Gasteiger partial charge in [-0.05, 0) is 41.5 Å². The fourth-order valence-electron chi connectivity index (χ4n) is 3.53. The third-order valence-corrected chi connectivity index (χ3v) is 4.88. The van der Waals surface area contributed by atoms with Crippen molar-refractivity contribution in [1.82, 2.24) is 0 Å². The van der Waals surface area contributed by atoms with E-state index >= 15 is 0 Å². The molecular formula is C22H11F6NO2. The van der Waals surface area contributed by atoms with Crippen LogP contribution in [-0.2, 0) is 12.4 Å². The Hall–Kier alpha value is -3.62. The van der Waals surface area contributed by atoms with Crippen LogP contribution >= 0.6 is 0 Å². The lowest BCUT2D eigenvalue weighted by molar-refractivity contribution is -0.139. The number of hydrogen-bond acceptors (Lipinski definition) is 2. The summed E-state index contributed by atoms with van der Waals surface area (Å²) < 4.78 is 81.5. The van der Waals surface area contributed by atoms with Crippen LogP contribution in [0.25, 0.3) is 11.1 Å². The first kappa shape index (κ1) is 20.6. The zero-order valence-electron chi connectivity index (χ0n) is 15.4. The van der Waals surface area contributed by atoms with E-state index in [4.69, 9.17) is 0 Å². The molecule has 0 spiro atoms. The van der Waals surface area contributed by atoms with Crippen molar-refractivity contribution in [1.29, 1.82) is 0 Å². The Morgan fingerprint density at radius 2 is 1.00 bits per heavy atom. The van der Waals surface area contributed by atoms with Crippen LogP contribution < -0.4 is 4.90 Å². The first-order chi connectivity index (χ1) is 14.5. The number of imide groups is 1. The van der Waals surface area contributed by atoms with E-state index in [0.29, 0.717) is 17.0 Å². The summed E-state index contributed by atoms with van der Waals surface area (Å²) in [5, 5.41) is 0. The van der Waals surface area contributed by atoms with Gasteiger partial charge in [0.1, 0.15) is 0 Å². The summed E-state index contributed by atoms with van der Waals surface area (Å²) in [7, 11) is 0. The average molecular weight is 435 g/mol. The molecule has 0 atom stereocenters. The van der Waals surface area contributed by atoms with E-state index < -0.39 is 46.4 Å². The number of alkyl halides is 6. The maximum Gasteiger partial charge on any atom is 0.417 e. The summed E-state index contributed by atoms with van der Waals surface area (Å²) in [6, 6.07) is 12.0. The number of carbonyl (C=O) groups is 2. The van der Waals surface area contributed by atoms with Crippen molar-refractivity contribution < 1.29 is 35.9 Å². The maximum absolute atomic E-state index is 13.8.